The maximum Gasteiger partial charge on any atom is 0.135 e. The molecule has 2 aromatic heterocycles. The number of nitrogens with zero attached hydrogens (tertiary/aromatic N) is 2. The molecule has 5 N–H and O–H groups in total. The number of nitrogen functional groups attached to an aromatic ring is 1. The lowest BCUT2D eigenvalue weighted by Crippen LogP contribution is -2.42. The highest BCUT2D eigenvalue weighted by molar-refractivity contribution is 7.11. The highest BCUT2D eigenvalue weighted by Crippen LogP contribution is 2.45. The van der Waals surface area contributed by atoms with Gasteiger partial charge in [0.15, 0.2) is 0 Å². The maximum atomic E-state index is 10.5. The second-order valence-electron chi connectivity index (χ2n) is 5.03. The summed E-state index contributed by atoms with van der Waals surface area (Å²) in [6, 6.07) is 0. The fourth-order valence-electron chi connectivity index (χ4n) is 2.47. The van der Waals surface area contributed by atoms with Crippen LogP contribution in [-0.4, -0.2) is 49.7 Å². The minimum atomic E-state index is -1.51. The molecule has 1 aliphatic rings. The molecule has 2 aromatic rings. The van der Waals surface area contributed by atoms with Crippen LogP contribution in [0.5, 0.6) is 0 Å². The Kier molecular flexibility index (Phi) is 3.14. The molecule has 0 aliphatic carbocycles. The van der Waals surface area contributed by atoms with Crippen LogP contribution in [0.25, 0.3) is 10.9 Å². The molecule has 7 nitrogen and oxygen atoms in total. The topological polar surface area (TPSA) is 122 Å². The number of hydrogen-bond donors (Lipinski definition) is 4. The molecule has 1 fully saturated rings. The summed E-state index contributed by atoms with van der Waals surface area (Å²) in [6.45, 7) is 1.11. The Morgan fingerprint density at radius 3 is 2.90 bits per heavy atom. The van der Waals surface area contributed by atoms with Gasteiger partial charge in [-0.1, -0.05) is 0 Å². The standard InChI is InChI=1S/C12H15N3O4S/c1-12(18)9(17)6(2-16)19-10(12)8-7-5(3-20-8)11(13)15-4-14-7/h3-4,6,9-10,16-18H,2H2,1H3,(H2,13,14,15)/t6-,9-,10?,12-/m1/s1. The molecule has 1 unspecified atom stereocenters. The molecule has 0 bridgehead atoms. The first-order chi connectivity index (χ1) is 9.46. The first-order valence-electron chi connectivity index (χ1n) is 6.11. The van der Waals surface area contributed by atoms with Crippen LogP contribution in [0.4, 0.5) is 5.82 Å². The largest absolute Gasteiger partial charge is 0.394 e. The summed E-state index contributed by atoms with van der Waals surface area (Å²) < 4.78 is 5.59. The molecule has 8 heteroatoms. The average molecular weight is 297 g/mol. The predicted molar refractivity (Wildman–Crippen MR) is 73.2 cm³/mol. The Hall–Kier alpha value is -1.32. The van der Waals surface area contributed by atoms with Gasteiger partial charge >= 0.3 is 0 Å². The zero-order chi connectivity index (χ0) is 14.5. The van der Waals surface area contributed by atoms with Crippen LogP contribution in [0.15, 0.2) is 11.7 Å². The Balaban J connectivity index is 2.10. The van der Waals surface area contributed by atoms with E-state index in [1.807, 2.05) is 0 Å². The van der Waals surface area contributed by atoms with Crippen molar-refractivity contribution in [1.82, 2.24) is 9.97 Å². The number of fused-ring (bicyclic) bond motifs is 1. The van der Waals surface area contributed by atoms with Crippen molar-refractivity contribution in [2.45, 2.75) is 30.8 Å². The maximum absolute atomic E-state index is 10.5. The normalized spacial score (nSPS) is 33.9. The molecule has 3 rings (SSSR count). The minimum Gasteiger partial charge on any atom is -0.394 e. The summed E-state index contributed by atoms with van der Waals surface area (Å²) in [6.07, 6.45) is -1.43. The smallest absolute Gasteiger partial charge is 0.135 e. The van der Waals surface area contributed by atoms with Crippen molar-refractivity contribution in [2.75, 3.05) is 12.3 Å². The van der Waals surface area contributed by atoms with E-state index < -0.39 is 23.9 Å². The number of aliphatic hydroxyl groups is 3. The summed E-state index contributed by atoms with van der Waals surface area (Å²) in [5.74, 6) is 0.356. The number of hydrogen-bond acceptors (Lipinski definition) is 8. The van der Waals surface area contributed by atoms with Gasteiger partial charge in [0.05, 0.1) is 22.4 Å². The van der Waals surface area contributed by atoms with E-state index in [4.69, 9.17) is 10.5 Å². The Bertz CT molecular complexity index is 645. The van der Waals surface area contributed by atoms with Gasteiger partial charge in [-0.25, -0.2) is 9.97 Å². The van der Waals surface area contributed by atoms with Crippen LogP contribution in [0.3, 0.4) is 0 Å². The first-order valence-corrected chi connectivity index (χ1v) is 6.99. The molecule has 4 atom stereocenters. The SMILES string of the molecule is C[C@]1(O)C(c2scc3c(N)ncnc23)O[C@H](CO)[C@H]1O. The second-order valence-corrected chi connectivity index (χ2v) is 5.94. The molecular formula is C12H15N3O4S. The Labute approximate surface area is 118 Å². The fraction of sp³-hybridized carbons (Fsp3) is 0.500. The Morgan fingerprint density at radius 2 is 2.25 bits per heavy atom. The van der Waals surface area contributed by atoms with E-state index in [0.717, 1.165) is 0 Å². The highest BCUT2D eigenvalue weighted by atomic mass is 32.1. The quantitative estimate of drug-likeness (QED) is 0.606. The van der Waals surface area contributed by atoms with Gasteiger partial charge in [-0.3, -0.25) is 0 Å². The van der Waals surface area contributed by atoms with Gasteiger partial charge in [-0.15, -0.1) is 11.3 Å². The summed E-state index contributed by atoms with van der Waals surface area (Å²) in [5, 5.41) is 32.2. The monoisotopic (exact) mass is 297 g/mol. The van der Waals surface area contributed by atoms with Crippen LogP contribution in [0.1, 0.15) is 17.9 Å². The van der Waals surface area contributed by atoms with Gasteiger partial charge in [0.25, 0.3) is 0 Å². The van der Waals surface area contributed by atoms with Crippen molar-refractivity contribution in [3.8, 4) is 0 Å². The van der Waals surface area contributed by atoms with E-state index in [9.17, 15) is 15.3 Å². The molecule has 0 saturated carbocycles. The van der Waals surface area contributed by atoms with Crippen molar-refractivity contribution in [3.63, 3.8) is 0 Å². The minimum absolute atomic E-state index is 0.356. The predicted octanol–water partition coefficient (Wildman–Crippen LogP) is -0.182. The van der Waals surface area contributed by atoms with Gasteiger partial charge in [0.2, 0.25) is 0 Å². The van der Waals surface area contributed by atoms with Gasteiger partial charge in [-0.05, 0) is 6.92 Å². The molecule has 108 valence electrons. The zero-order valence-electron chi connectivity index (χ0n) is 10.7. The molecular weight excluding hydrogens is 282 g/mol. The van der Waals surface area contributed by atoms with Crippen molar-refractivity contribution in [3.05, 3.63) is 16.6 Å². The van der Waals surface area contributed by atoms with Crippen LogP contribution in [0, 0.1) is 0 Å². The van der Waals surface area contributed by atoms with Crippen LogP contribution in [-0.2, 0) is 4.74 Å². The number of thiophene rings is 1. The van der Waals surface area contributed by atoms with Gasteiger partial charge in [-0.2, -0.15) is 0 Å². The summed E-state index contributed by atoms with van der Waals surface area (Å²) in [4.78, 5) is 8.74. The number of anilines is 1. The molecule has 20 heavy (non-hydrogen) atoms. The molecule has 3 heterocycles. The van der Waals surface area contributed by atoms with Crippen molar-refractivity contribution >= 4 is 28.1 Å². The molecule has 0 aromatic carbocycles. The molecule has 0 spiro atoms. The van der Waals surface area contributed by atoms with Crippen molar-refractivity contribution in [1.29, 1.82) is 0 Å². The van der Waals surface area contributed by atoms with E-state index >= 15 is 0 Å². The highest BCUT2D eigenvalue weighted by Gasteiger charge is 2.53. The van der Waals surface area contributed by atoms with E-state index in [0.29, 0.717) is 21.6 Å². The molecule has 0 radical (unpaired) electrons. The summed E-state index contributed by atoms with van der Waals surface area (Å²) >= 11 is 1.33. The average Bonchev–Trinajstić information content (AvgIpc) is 2.92. The third-order valence-corrected chi connectivity index (χ3v) is 4.68. The van der Waals surface area contributed by atoms with E-state index in [1.54, 1.807) is 5.38 Å². The number of ether oxygens (including phenoxy) is 1. The van der Waals surface area contributed by atoms with Crippen LogP contribution < -0.4 is 5.73 Å². The number of rotatable bonds is 2. The van der Waals surface area contributed by atoms with Crippen molar-refractivity contribution in [2.24, 2.45) is 0 Å². The first kappa shape index (κ1) is 13.7. The lowest BCUT2D eigenvalue weighted by atomic mass is 9.92. The van der Waals surface area contributed by atoms with Gasteiger partial charge in [0, 0.05) is 5.38 Å². The third-order valence-electron chi connectivity index (χ3n) is 3.66. The van der Waals surface area contributed by atoms with Crippen LogP contribution >= 0.6 is 11.3 Å². The zero-order valence-corrected chi connectivity index (χ0v) is 11.5. The van der Waals surface area contributed by atoms with Gasteiger partial charge < -0.3 is 25.8 Å². The Morgan fingerprint density at radius 1 is 1.50 bits per heavy atom. The second kappa shape index (κ2) is 4.61. The van der Waals surface area contributed by atoms with E-state index in [2.05, 4.69) is 9.97 Å². The third kappa shape index (κ3) is 1.80. The lowest BCUT2D eigenvalue weighted by molar-refractivity contribution is -0.0630. The summed E-state index contributed by atoms with van der Waals surface area (Å²) in [5.41, 5.74) is 4.87. The van der Waals surface area contributed by atoms with Crippen LogP contribution in [0.2, 0.25) is 0 Å². The molecule has 1 aliphatic heterocycles. The van der Waals surface area contributed by atoms with Gasteiger partial charge in [0.1, 0.15) is 36.1 Å². The molecule has 0 amide bonds. The van der Waals surface area contributed by atoms with E-state index in [1.165, 1.54) is 24.6 Å². The van der Waals surface area contributed by atoms with Crippen molar-refractivity contribution < 1.29 is 20.1 Å². The number of aromatic nitrogens is 2. The number of aliphatic hydroxyl groups excluding tert-OH is 2. The van der Waals surface area contributed by atoms with E-state index in [-0.39, 0.29) is 6.61 Å². The summed E-state index contributed by atoms with van der Waals surface area (Å²) in [7, 11) is 0. The fourth-order valence-corrected chi connectivity index (χ4v) is 3.64. The number of nitrogens with two attached hydrogens (primary N) is 1. The molecule has 1 saturated heterocycles. The lowest BCUT2D eigenvalue weighted by Gasteiger charge is -2.25.